The molecule has 0 radical (unpaired) electrons. The van der Waals surface area contributed by atoms with E-state index in [4.69, 9.17) is 23.8 Å². The van der Waals surface area contributed by atoms with Crippen LogP contribution in [0.2, 0.25) is 0 Å². The molecule has 3 aromatic heterocycles. The van der Waals surface area contributed by atoms with Crippen LogP contribution < -0.4 is 0 Å². The third-order valence-electron chi connectivity index (χ3n) is 11.9. The average molecular weight is 732 g/mol. The molecule has 3 heterocycles. The van der Waals surface area contributed by atoms with Crippen LogP contribution in [0.1, 0.15) is 19.2 Å². The Labute approximate surface area is 327 Å². The summed E-state index contributed by atoms with van der Waals surface area (Å²) in [6, 6.07) is 46.3. The maximum atomic E-state index is 6.83. The van der Waals surface area contributed by atoms with Gasteiger partial charge in [0.05, 0.1) is 0 Å². The first-order valence-electron chi connectivity index (χ1n) is 19.4. The van der Waals surface area contributed by atoms with Gasteiger partial charge in [-0.3, -0.25) is 0 Å². The van der Waals surface area contributed by atoms with Crippen LogP contribution in [0.3, 0.4) is 0 Å². The van der Waals surface area contributed by atoms with Crippen LogP contribution in [0.4, 0.5) is 0 Å². The molecule has 0 amide bonds. The van der Waals surface area contributed by atoms with E-state index in [9.17, 15) is 0 Å². The van der Waals surface area contributed by atoms with E-state index < -0.39 is 0 Å². The molecule has 0 spiro atoms. The van der Waals surface area contributed by atoms with Crippen LogP contribution in [0.25, 0.3) is 105 Å². The number of allylic oxidation sites excluding steroid dienone is 8. The quantitative estimate of drug-likeness (QED) is 0.180. The second kappa shape index (κ2) is 12.1. The molecule has 12 rings (SSSR count). The highest BCUT2D eigenvalue weighted by Crippen LogP contribution is 2.45. The summed E-state index contributed by atoms with van der Waals surface area (Å²) >= 11 is 0. The molecule has 1 atom stereocenters. The van der Waals surface area contributed by atoms with E-state index in [2.05, 4.69) is 165 Å². The number of furan rings is 2. The van der Waals surface area contributed by atoms with Crippen molar-refractivity contribution in [2.24, 2.45) is 5.41 Å². The second-order valence-corrected chi connectivity index (χ2v) is 15.4. The fourth-order valence-corrected chi connectivity index (χ4v) is 8.93. The summed E-state index contributed by atoms with van der Waals surface area (Å²) < 4.78 is 13.5. The number of nitrogens with zero attached hydrogens (tertiary/aromatic N) is 3. The minimum Gasteiger partial charge on any atom is -0.455 e. The third kappa shape index (κ3) is 4.92. The van der Waals surface area contributed by atoms with Gasteiger partial charge < -0.3 is 8.83 Å². The number of hydrogen-bond acceptors (Lipinski definition) is 5. The zero-order chi connectivity index (χ0) is 37.7. The number of rotatable bonds is 4. The van der Waals surface area contributed by atoms with Crippen molar-refractivity contribution in [2.75, 3.05) is 0 Å². The zero-order valence-corrected chi connectivity index (χ0v) is 31.0. The number of aromatic nitrogens is 3. The fourth-order valence-electron chi connectivity index (χ4n) is 8.93. The van der Waals surface area contributed by atoms with E-state index >= 15 is 0 Å². The van der Waals surface area contributed by atoms with Crippen LogP contribution in [-0.4, -0.2) is 15.0 Å². The third-order valence-corrected chi connectivity index (χ3v) is 11.9. The van der Waals surface area contributed by atoms with Crippen LogP contribution in [0.15, 0.2) is 184 Å². The Hall–Kier alpha value is -7.37. The molecule has 2 aliphatic carbocycles. The average Bonchev–Trinajstić information content (AvgIpc) is 3.85. The summed E-state index contributed by atoms with van der Waals surface area (Å²) in [6.07, 6.45) is 14.1. The van der Waals surface area contributed by atoms with E-state index in [0.717, 1.165) is 83.5 Å². The Bertz CT molecular complexity index is 3470. The molecule has 2 aliphatic rings. The molecule has 5 heteroatoms. The van der Waals surface area contributed by atoms with E-state index in [1.165, 1.54) is 21.7 Å². The topological polar surface area (TPSA) is 65.0 Å². The van der Waals surface area contributed by atoms with Crippen LogP contribution in [0.5, 0.6) is 0 Å². The van der Waals surface area contributed by atoms with Gasteiger partial charge in [-0.05, 0) is 57.8 Å². The summed E-state index contributed by atoms with van der Waals surface area (Å²) in [5.74, 6) is 1.87. The van der Waals surface area contributed by atoms with Gasteiger partial charge in [0.25, 0.3) is 0 Å². The molecule has 268 valence electrons. The molecule has 0 saturated carbocycles. The first-order chi connectivity index (χ1) is 28.1. The predicted octanol–water partition coefficient (Wildman–Crippen LogP) is 13.8. The molecule has 0 fully saturated rings. The van der Waals surface area contributed by atoms with E-state index in [1.54, 1.807) is 0 Å². The highest BCUT2D eigenvalue weighted by molar-refractivity contribution is 6.22. The molecular formula is C52H33N3O2. The number of para-hydroxylation sites is 2. The zero-order valence-electron chi connectivity index (χ0n) is 31.0. The second-order valence-electron chi connectivity index (χ2n) is 15.4. The lowest BCUT2D eigenvalue weighted by Crippen LogP contribution is -2.19. The summed E-state index contributed by atoms with van der Waals surface area (Å²) in [4.78, 5) is 15.6. The van der Waals surface area contributed by atoms with Crippen molar-refractivity contribution in [3.05, 3.63) is 181 Å². The minimum absolute atomic E-state index is 0.0468. The smallest absolute Gasteiger partial charge is 0.164 e. The molecule has 0 N–H and O–H groups in total. The van der Waals surface area contributed by atoms with Gasteiger partial charge in [0.15, 0.2) is 17.5 Å². The molecule has 0 bridgehead atoms. The Morgan fingerprint density at radius 3 is 2.02 bits per heavy atom. The molecule has 0 saturated heterocycles. The summed E-state index contributed by atoms with van der Waals surface area (Å²) in [6.45, 7) is 2.28. The lowest BCUT2D eigenvalue weighted by molar-refractivity contribution is 0.528. The number of fused-ring (bicyclic) bond motifs is 10. The lowest BCUT2D eigenvalue weighted by atomic mass is 9.73. The normalized spacial score (nSPS) is 16.6. The lowest BCUT2D eigenvalue weighted by Gasteiger charge is -2.31. The first kappa shape index (κ1) is 31.9. The van der Waals surface area contributed by atoms with Crippen molar-refractivity contribution >= 4 is 71.0 Å². The van der Waals surface area contributed by atoms with Crippen molar-refractivity contribution in [3.63, 3.8) is 0 Å². The highest BCUT2D eigenvalue weighted by Gasteiger charge is 2.29. The Morgan fingerprint density at radius 1 is 0.526 bits per heavy atom. The maximum absolute atomic E-state index is 6.83. The van der Waals surface area contributed by atoms with E-state index in [0.29, 0.717) is 17.5 Å². The standard InChI is InChI=1S/C52H33N3O2/c1-52-27-7-6-14-36(52)30-35(26-28-52)50-53-49(34-23-22-31-11-2-3-13-33(31)29-34)54-51(55-50)42-20-10-21-43-46(42)41-19-9-17-39(48(41)56-43)38-16-8-18-40-45-37-15-5-4-12-32(37)24-25-44(45)57-47(38)40/h2-27,29-30H,28H2,1H3. The summed E-state index contributed by atoms with van der Waals surface area (Å²) in [7, 11) is 0. The highest BCUT2D eigenvalue weighted by atomic mass is 16.3. The van der Waals surface area contributed by atoms with Crippen molar-refractivity contribution in [2.45, 2.75) is 13.3 Å². The molecule has 7 aromatic carbocycles. The van der Waals surface area contributed by atoms with Gasteiger partial charge in [0, 0.05) is 54.8 Å². The van der Waals surface area contributed by atoms with E-state index in [-0.39, 0.29) is 5.41 Å². The Kier molecular flexibility index (Phi) is 6.76. The van der Waals surface area contributed by atoms with Gasteiger partial charge >= 0.3 is 0 Å². The number of hydrogen-bond donors (Lipinski definition) is 0. The Balaban J connectivity index is 1.07. The summed E-state index contributed by atoms with van der Waals surface area (Å²) in [5, 5.41) is 8.83. The fraction of sp³-hybridized carbons (Fsp3) is 0.0577. The van der Waals surface area contributed by atoms with Crippen molar-refractivity contribution in [1.82, 2.24) is 15.0 Å². The Morgan fingerprint density at radius 2 is 1.18 bits per heavy atom. The maximum Gasteiger partial charge on any atom is 0.164 e. The van der Waals surface area contributed by atoms with Gasteiger partial charge in [-0.15, -0.1) is 0 Å². The SMILES string of the molecule is CC12C=CC=CC1=CC(c1nc(-c3ccc4ccccc4c3)nc(-c3cccc4oc5c(-c6cccc7c6oc6ccc8ccccc8c67)cccc5c34)n1)=CC2. The molecule has 5 nitrogen and oxygen atoms in total. The molecular weight excluding hydrogens is 699 g/mol. The molecule has 57 heavy (non-hydrogen) atoms. The van der Waals surface area contributed by atoms with Crippen LogP contribution >= 0.6 is 0 Å². The van der Waals surface area contributed by atoms with Gasteiger partial charge in [-0.25, -0.2) is 15.0 Å². The molecule has 10 aromatic rings. The van der Waals surface area contributed by atoms with Crippen LogP contribution in [-0.2, 0) is 0 Å². The first-order valence-corrected chi connectivity index (χ1v) is 19.4. The van der Waals surface area contributed by atoms with Gasteiger partial charge in [0.2, 0.25) is 0 Å². The van der Waals surface area contributed by atoms with E-state index in [1.807, 2.05) is 12.1 Å². The minimum atomic E-state index is -0.0468. The van der Waals surface area contributed by atoms with Gasteiger partial charge in [-0.1, -0.05) is 153 Å². The molecule has 0 aliphatic heterocycles. The largest absolute Gasteiger partial charge is 0.455 e. The monoisotopic (exact) mass is 731 g/mol. The number of benzene rings is 7. The van der Waals surface area contributed by atoms with Crippen molar-refractivity contribution < 1.29 is 8.83 Å². The van der Waals surface area contributed by atoms with Crippen molar-refractivity contribution in [3.8, 4) is 33.9 Å². The van der Waals surface area contributed by atoms with Gasteiger partial charge in [-0.2, -0.15) is 0 Å². The predicted molar refractivity (Wildman–Crippen MR) is 233 cm³/mol. The van der Waals surface area contributed by atoms with Crippen molar-refractivity contribution in [1.29, 1.82) is 0 Å². The summed E-state index contributed by atoms with van der Waals surface area (Å²) in [5.41, 5.74) is 9.23. The molecule has 1 unspecified atom stereocenters. The van der Waals surface area contributed by atoms with Gasteiger partial charge in [0.1, 0.15) is 22.3 Å². The van der Waals surface area contributed by atoms with Crippen LogP contribution in [0, 0.1) is 5.41 Å².